The zero-order valence-corrected chi connectivity index (χ0v) is 11.6. The van der Waals surface area contributed by atoms with Crippen LogP contribution in [-0.2, 0) is 9.53 Å². The van der Waals surface area contributed by atoms with Gasteiger partial charge in [-0.05, 0) is 19.1 Å². The minimum atomic E-state index is -0.311. The third-order valence-corrected chi connectivity index (χ3v) is 3.38. The van der Waals surface area contributed by atoms with Crippen LogP contribution >= 0.6 is 11.8 Å². The van der Waals surface area contributed by atoms with Gasteiger partial charge in [0.1, 0.15) is 0 Å². The van der Waals surface area contributed by atoms with E-state index in [1.807, 2.05) is 24.3 Å². The van der Waals surface area contributed by atoms with Crippen LogP contribution in [0.4, 0.5) is 0 Å². The zero-order valence-electron chi connectivity index (χ0n) is 10.8. The van der Waals surface area contributed by atoms with Crippen molar-refractivity contribution >= 4 is 34.7 Å². The van der Waals surface area contributed by atoms with E-state index < -0.39 is 0 Å². The van der Waals surface area contributed by atoms with Gasteiger partial charge in [0.05, 0.1) is 23.4 Å². The van der Waals surface area contributed by atoms with Gasteiger partial charge >= 0.3 is 5.97 Å². The smallest absolute Gasteiger partial charge is 0.316 e. The molecule has 1 aromatic heterocycles. The Hall–Kier alpha value is -1.82. The summed E-state index contributed by atoms with van der Waals surface area (Å²) in [5.41, 5.74) is 1.49. The van der Waals surface area contributed by atoms with Crippen molar-refractivity contribution in [1.82, 2.24) is 9.55 Å². The van der Waals surface area contributed by atoms with Crippen molar-refractivity contribution in [2.45, 2.75) is 19.0 Å². The molecule has 6 heteroatoms. The number of carbonyl (C=O) groups is 2. The zero-order chi connectivity index (χ0) is 13.8. The average molecular weight is 278 g/mol. The molecule has 0 spiro atoms. The standard InChI is InChI=1S/C13H14N2O3S/c1-3-18-12(17)8-19-13-14-10-6-4-5-7-11(10)15(13)9(2)16/h4-7H,3,8H2,1-2H3. The molecule has 0 aliphatic rings. The van der Waals surface area contributed by atoms with Crippen molar-refractivity contribution in [3.8, 4) is 0 Å². The lowest BCUT2D eigenvalue weighted by atomic mass is 10.3. The molecule has 0 unspecified atom stereocenters. The molecular formula is C13H14N2O3S. The van der Waals surface area contributed by atoms with Crippen LogP contribution in [0.2, 0.25) is 0 Å². The number of hydrogen-bond donors (Lipinski definition) is 0. The quantitative estimate of drug-likeness (QED) is 0.634. The average Bonchev–Trinajstić information content (AvgIpc) is 2.75. The Morgan fingerprint density at radius 2 is 2.11 bits per heavy atom. The van der Waals surface area contributed by atoms with Gasteiger partial charge < -0.3 is 4.74 Å². The van der Waals surface area contributed by atoms with E-state index in [1.165, 1.54) is 23.3 Å². The molecule has 0 bridgehead atoms. The number of ether oxygens (including phenoxy) is 1. The fraction of sp³-hybridized carbons (Fsp3) is 0.308. The lowest BCUT2D eigenvalue weighted by Gasteiger charge is -2.04. The lowest BCUT2D eigenvalue weighted by molar-refractivity contribution is -0.139. The van der Waals surface area contributed by atoms with E-state index in [0.29, 0.717) is 11.8 Å². The van der Waals surface area contributed by atoms with E-state index in [0.717, 1.165) is 11.0 Å². The number of para-hydroxylation sites is 2. The predicted molar refractivity (Wildman–Crippen MR) is 73.4 cm³/mol. The van der Waals surface area contributed by atoms with Gasteiger partial charge in [0.25, 0.3) is 0 Å². The number of imidazole rings is 1. The highest BCUT2D eigenvalue weighted by Gasteiger charge is 2.15. The van der Waals surface area contributed by atoms with Gasteiger partial charge in [0, 0.05) is 6.92 Å². The molecular weight excluding hydrogens is 264 g/mol. The molecule has 100 valence electrons. The van der Waals surface area contributed by atoms with E-state index in [2.05, 4.69) is 4.98 Å². The SMILES string of the molecule is CCOC(=O)CSc1nc2ccccc2n1C(C)=O. The summed E-state index contributed by atoms with van der Waals surface area (Å²) in [6.45, 7) is 3.58. The fourth-order valence-electron chi connectivity index (χ4n) is 1.73. The highest BCUT2D eigenvalue weighted by molar-refractivity contribution is 7.99. The number of benzene rings is 1. The summed E-state index contributed by atoms with van der Waals surface area (Å²) >= 11 is 1.21. The van der Waals surface area contributed by atoms with Crippen LogP contribution in [0.1, 0.15) is 18.6 Å². The predicted octanol–water partition coefficient (Wildman–Crippen LogP) is 2.35. The Morgan fingerprint density at radius 3 is 2.79 bits per heavy atom. The number of hydrogen-bond acceptors (Lipinski definition) is 5. The third-order valence-electron chi connectivity index (χ3n) is 2.47. The largest absolute Gasteiger partial charge is 0.465 e. The summed E-state index contributed by atoms with van der Waals surface area (Å²) in [7, 11) is 0. The van der Waals surface area contributed by atoms with Gasteiger partial charge in [-0.2, -0.15) is 0 Å². The van der Waals surface area contributed by atoms with Crippen molar-refractivity contribution in [3.63, 3.8) is 0 Å². The molecule has 0 fully saturated rings. The lowest BCUT2D eigenvalue weighted by Crippen LogP contribution is -2.10. The second-order valence-electron chi connectivity index (χ2n) is 3.83. The summed E-state index contributed by atoms with van der Waals surface area (Å²) in [6.07, 6.45) is 0. The maximum atomic E-state index is 11.7. The highest BCUT2D eigenvalue weighted by atomic mass is 32.2. The minimum absolute atomic E-state index is 0.125. The maximum Gasteiger partial charge on any atom is 0.316 e. The van der Waals surface area contributed by atoms with Crippen molar-refractivity contribution < 1.29 is 14.3 Å². The van der Waals surface area contributed by atoms with Gasteiger partial charge in [-0.15, -0.1) is 0 Å². The van der Waals surface area contributed by atoms with Gasteiger partial charge in [0.2, 0.25) is 5.91 Å². The second kappa shape index (κ2) is 5.88. The number of esters is 1. The Morgan fingerprint density at radius 1 is 1.37 bits per heavy atom. The summed E-state index contributed by atoms with van der Waals surface area (Å²) in [4.78, 5) is 27.4. The summed E-state index contributed by atoms with van der Waals surface area (Å²) in [5.74, 6) is -0.292. The first-order valence-electron chi connectivity index (χ1n) is 5.90. The Labute approximate surface area is 115 Å². The molecule has 19 heavy (non-hydrogen) atoms. The first kappa shape index (κ1) is 13.6. The van der Waals surface area contributed by atoms with E-state index in [4.69, 9.17) is 4.74 Å². The van der Waals surface area contributed by atoms with E-state index in [1.54, 1.807) is 6.92 Å². The summed E-state index contributed by atoms with van der Waals surface area (Å²) < 4.78 is 6.37. The Bertz CT molecular complexity index is 621. The molecule has 1 aromatic carbocycles. The van der Waals surface area contributed by atoms with Gasteiger partial charge in [-0.25, -0.2) is 4.98 Å². The van der Waals surface area contributed by atoms with Crippen LogP contribution in [0.15, 0.2) is 29.4 Å². The molecule has 0 aliphatic carbocycles. The number of nitrogens with zero attached hydrogens (tertiary/aromatic N) is 2. The molecule has 0 saturated carbocycles. The van der Waals surface area contributed by atoms with E-state index in [-0.39, 0.29) is 17.6 Å². The molecule has 0 radical (unpaired) electrons. The number of aromatic nitrogens is 2. The topological polar surface area (TPSA) is 61.2 Å². The molecule has 0 aliphatic heterocycles. The van der Waals surface area contributed by atoms with E-state index in [9.17, 15) is 9.59 Å². The highest BCUT2D eigenvalue weighted by Crippen LogP contribution is 2.23. The maximum absolute atomic E-state index is 11.7. The molecule has 0 atom stereocenters. The number of fused-ring (bicyclic) bond motifs is 1. The Balaban J connectivity index is 2.29. The molecule has 0 N–H and O–H groups in total. The monoisotopic (exact) mass is 278 g/mol. The van der Waals surface area contributed by atoms with Crippen LogP contribution in [0.3, 0.4) is 0 Å². The van der Waals surface area contributed by atoms with Gasteiger partial charge in [-0.1, -0.05) is 23.9 Å². The number of thioether (sulfide) groups is 1. The molecule has 0 saturated heterocycles. The van der Waals surface area contributed by atoms with Crippen molar-refractivity contribution in [1.29, 1.82) is 0 Å². The minimum Gasteiger partial charge on any atom is -0.465 e. The second-order valence-corrected chi connectivity index (χ2v) is 4.77. The van der Waals surface area contributed by atoms with Crippen molar-refractivity contribution in [2.75, 3.05) is 12.4 Å². The molecule has 5 nitrogen and oxygen atoms in total. The van der Waals surface area contributed by atoms with Crippen LogP contribution in [-0.4, -0.2) is 33.8 Å². The molecule has 2 aromatic rings. The normalized spacial score (nSPS) is 10.6. The fourth-order valence-corrected chi connectivity index (χ4v) is 2.58. The number of carbonyl (C=O) groups excluding carboxylic acids is 2. The van der Waals surface area contributed by atoms with Crippen LogP contribution < -0.4 is 0 Å². The van der Waals surface area contributed by atoms with Crippen molar-refractivity contribution in [2.24, 2.45) is 0 Å². The Kier molecular flexibility index (Phi) is 4.21. The molecule has 2 rings (SSSR count). The number of rotatable bonds is 4. The molecule has 0 amide bonds. The molecule has 1 heterocycles. The van der Waals surface area contributed by atoms with Crippen LogP contribution in [0, 0.1) is 0 Å². The van der Waals surface area contributed by atoms with Crippen LogP contribution in [0.25, 0.3) is 11.0 Å². The van der Waals surface area contributed by atoms with E-state index >= 15 is 0 Å². The van der Waals surface area contributed by atoms with Gasteiger partial charge in [0.15, 0.2) is 5.16 Å². The van der Waals surface area contributed by atoms with Crippen LogP contribution in [0.5, 0.6) is 0 Å². The first-order chi connectivity index (χ1) is 9.13. The first-order valence-corrected chi connectivity index (χ1v) is 6.89. The summed E-state index contributed by atoms with van der Waals surface area (Å²) in [5, 5.41) is 0.516. The summed E-state index contributed by atoms with van der Waals surface area (Å²) in [6, 6.07) is 7.38. The third kappa shape index (κ3) is 2.96. The van der Waals surface area contributed by atoms with Gasteiger partial charge in [-0.3, -0.25) is 14.2 Å². The van der Waals surface area contributed by atoms with Crippen molar-refractivity contribution in [3.05, 3.63) is 24.3 Å².